The first kappa shape index (κ1) is 35.2. The molecule has 4 rings (SSSR count). The van der Waals surface area contributed by atoms with E-state index in [4.69, 9.17) is 0 Å². The molecule has 2 aromatic carbocycles. The molecule has 2 fully saturated rings. The number of benzene rings is 2. The summed E-state index contributed by atoms with van der Waals surface area (Å²) in [5.41, 5.74) is 5.59. The molecular formula is C36H57BrCoN2O2. The summed E-state index contributed by atoms with van der Waals surface area (Å²) in [6.45, 7) is 26.4. The van der Waals surface area contributed by atoms with Crippen LogP contribution < -0.4 is 8.73 Å². The van der Waals surface area contributed by atoms with Gasteiger partial charge in [0.1, 0.15) is 0 Å². The number of nitrogens with one attached hydrogen (secondary N) is 2. The standard InChI is InChI=1S/2C15H22O.C6H12N2.BrH.Co/c2*1-10-8-11(14(2,3)4)9-12(13(10)16)15(5,6)7;7-5-3-1-2-4-6(5)8;;/h2*1,8-9,16H,2-7H3;5-8H,1-4H2;1H;/q;;-2;;+2. The quantitative estimate of drug-likeness (QED) is 0.256. The maximum absolute atomic E-state index is 11.7. The first-order chi connectivity index (χ1) is 18.6. The van der Waals surface area contributed by atoms with Crippen molar-refractivity contribution in [2.75, 3.05) is 0 Å². The van der Waals surface area contributed by atoms with E-state index >= 15 is 0 Å². The fourth-order valence-electron chi connectivity index (χ4n) is 5.73. The monoisotopic (exact) mass is 687 g/mol. The number of rotatable bonds is 2. The predicted octanol–water partition coefficient (Wildman–Crippen LogP) is 8.35. The third kappa shape index (κ3) is 7.48. The van der Waals surface area contributed by atoms with Crippen molar-refractivity contribution in [1.82, 2.24) is 8.73 Å². The number of halogens is 1. The molecule has 1 aliphatic carbocycles. The molecule has 239 valence electrons. The fourth-order valence-corrected chi connectivity index (χ4v) is 9.73. The Morgan fingerprint density at radius 2 is 0.929 bits per heavy atom. The third-order valence-corrected chi connectivity index (χ3v) is 11.8. The Bertz CT molecular complexity index is 1330. The van der Waals surface area contributed by atoms with Crippen molar-refractivity contribution in [1.29, 1.82) is 0 Å². The Balaban J connectivity index is 0.00000484. The molecule has 0 aromatic heterocycles. The van der Waals surface area contributed by atoms with Gasteiger partial charge in [-0.1, -0.05) is 0 Å². The number of aromatic hydroxyl groups is 2. The topological polar surface area (TPSA) is 64.5 Å². The van der Waals surface area contributed by atoms with E-state index in [1.54, 1.807) is 0 Å². The summed E-state index contributed by atoms with van der Waals surface area (Å²) in [6.07, 6.45) is 4.74. The van der Waals surface area contributed by atoms with Crippen LogP contribution in [0.5, 0.6) is 11.5 Å². The molecule has 0 bridgehead atoms. The van der Waals surface area contributed by atoms with Gasteiger partial charge in [0.05, 0.1) is 0 Å². The number of phenols is 2. The van der Waals surface area contributed by atoms with Crippen molar-refractivity contribution in [2.24, 2.45) is 0 Å². The zero-order valence-corrected chi connectivity index (χ0v) is 30.8. The SMILES string of the molecule is Br.CC(C)(C)c1cc([CH]=[Co]2(=[CH]c3cc(C(C)(C)C)cc(C(C)(C)C)c3O)[NH]C3CCCCC3[NH]2)c(O)c(C(C)(C)C)c1. The number of phenolic OH excluding ortho intramolecular Hbond substituents is 2. The van der Waals surface area contributed by atoms with Gasteiger partial charge in [-0.2, -0.15) is 0 Å². The van der Waals surface area contributed by atoms with E-state index < -0.39 is 12.2 Å². The van der Waals surface area contributed by atoms with Crippen molar-refractivity contribution in [3.05, 3.63) is 57.6 Å². The summed E-state index contributed by atoms with van der Waals surface area (Å²) >= 11 is -2.28. The molecule has 6 heteroatoms. The Hall–Kier alpha value is -1.31. The van der Waals surface area contributed by atoms with Gasteiger partial charge >= 0.3 is 253 Å². The van der Waals surface area contributed by atoms with Crippen LogP contribution in [0.1, 0.15) is 142 Å². The predicted molar refractivity (Wildman–Crippen MR) is 184 cm³/mol. The molecule has 2 unspecified atom stereocenters. The van der Waals surface area contributed by atoms with E-state index in [2.05, 4.69) is 126 Å². The Morgan fingerprint density at radius 1 is 0.595 bits per heavy atom. The third-order valence-electron chi connectivity index (χ3n) is 8.47. The fraction of sp³-hybridized carbons (Fsp3) is 0.611. The molecule has 2 atom stereocenters. The van der Waals surface area contributed by atoms with Crippen LogP contribution in [-0.4, -0.2) is 32.2 Å². The van der Waals surface area contributed by atoms with E-state index in [1.807, 2.05) is 0 Å². The van der Waals surface area contributed by atoms with Gasteiger partial charge in [-0.3, -0.25) is 0 Å². The van der Waals surface area contributed by atoms with Gasteiger partial charge < -0.3 is 0 Å². The zero-order chi connectivity index (χ0) is 30.8. The molecule has 42 heavy (non-hydrogen) atoms. The summed E-state index contributed by atoms with van der Waals surface area (Å²) in [7, 11) is 0. The summed E-state index contributed by atoms with van der Waals surface area (Å²) in [6, 6.07) is 9.49. The van der Waals surface area contributed by atoms with Crippen LogP contribution in [0.4, 0.5) is 0 Å². The van der Waals surface area contributed by atoms with Crippen molar-refractivity contribution < 1.29 is 22.4 Å². The second-order valence-corrected chi connectivity index (χ2v) is 19.4. The second kappa shape index (κ2) is 11.9. The van der Waals surface area contributed by atoms with Crippen molar-refractivity contribution >= 4 is 26.9 Å². The molecule has 0 spiro atoms. The Kier molecular flexibility index (Phi) is 9.95. The molecule has 4 N–H and O–H groups in total. The van der Waals surface area contributed by atoms with Crippen LogP contribution in [0, 0.1) is 0 Å². The number of hydrogen-bond acceptors (Lipinski definition) is 4. The molecule has 1 aliphatic heterocycles. The van der Waals surface area contributed by atoms with Crippen molar-refractivity contribution in [3.8, 4) is 11.5 Å². The van der Waals surface area contributed by atoms with Crippen LogP contribution in [0.15, 0.2) is 24.3 Å². The summed E-state index contributed by atoms with van der Waals surface area (Å²) in [5.74, 6) is 0.721. The summed E-state index contributed by atoms with van der Waals surface area (Å²) < 4.78 is 8.11. The molecule has 0 radical (unpaired) electrons. The van der Waals surface area contributed by atoms with Crippen LogP contribution in [0.2, 0.25) is 0 Å². The van der Waals surface area contributed by atoms with E-state index in [0.29, 0.717) is 23.6 Å². The van der Waals surface area contributed by atoms with Crippen LogP contribution in [-0.2, 0) is 33.8 Å². The van der Waals surface area contributed by atoms with Crippen molar-refractivity contribution in [3.63, 3.8) is 0 Å². The number of hydrogen-bond donors (Lipinski definition) is 4. The van der Waals surface area contributed by atoms with Gasteiger partial charge in [0.25, 0.3) is 0 Å². The van der Waals surface area contributed by atoms with Crippen LogP contribution in [0.25, 0.3) is 0 Å². The summed E-state index contributed by atoms with van der Waals surface area (Å²) in [5, 5.41) is 23.5. The number of fused-ring (bicyclic) bond motifs is 1. The van der Waals surface area contributed by atoms with Gasteiger partial charge in [0.2, 0.25) is 0 Å². The summed E-state index contributed by atoms with van der Waals surface area (Å²) in [4.78, 5) is 4.56. The first-order valence-corrected chi connectivity index (χ1v) is 17.5. The second-order valence-electron chi connectivity index (χ2n) is 16.4. The first-order valence-electron chi connectivity index (χ1n) is 15.3. The molecule has 2 aliphatic rings. The molecule has 1 saturated carbocycles. The van der Waals surface area contributed by atoms with E-state index in [9.17, 15) is 10.2 Å². The normalized spacial score (nSPS) is 21.7. The maximum atomic E-state index is 11.7. The van der Waals surface area contributed by atoms with Gasteiger partial charge in [0.15, 0.2) is 0 Å². The minimum atomic E-state index is -2.28. The Labute approximate surface area is 268 Å². The van der Waals surface area contributed by atoms with Crippen LogP contribution in [0.3, 0.4) is 0 Å². The van der Waals surface area contributed by atoms with Gasteiger partial charge in [0, 0.05) is 0 Å². The van der Waals surface area contributed by atoms with Gasteiger partial charge in [-0.25, -0.2) is 0 Å². The molecule has 1 saturated heterocycles. The average molecular weight is 689 g/mol. The van der Waals surface area contributed by atoms with E-state index in [0.717, 1.165) is 35.1 Å². The zero-order valence-electron chi connectivity index (χ0n) is 28.1. The van der Waals surface area contributed by atoms with Crippen molar-refractivity contribution in [2.45, 2.75) is 143 Å². The van der Waals surface area contributed by atoms with Gasteiger partial charge in [-0.15, -0.1) is 17.0 Å². The average Bonchev–Trinajstić information content (AvgIpc) is 3.16. The molecule has 2 aromatic rings. The van der Waals surface area contributed by atoms with Gasteiger partial charge in [-0.05, 0) is 0 Å². The van der Waals surface area contributed by atoms with Crippen LogP contribution >= 0.6 is 17.0 Å². The molecule has 1 heterocycles. The Morgan fingerprint density at radius 3 is 1.21 bits per heavy atom. The molecule has 0 amide bonds. The molecular weight excluding hydrogens is 631 g/mol. The van der Waals surface area contributed by atoms with E-state index in [1.165, 1.54) is 24.0 Å². The van der Waals surface area contributed by atoms with E-state index in [-0.39, 0.29) is 38.6 Å². The molecule has 4 nitrogen and oxygen atoms in total. The minimum absolute atomic E-state index is 0.